The zero-order chi connectivity index (χ0) is 9.68. The summed E-state index contributed by atoms with van der Waals surface area (Å²) in [5.41, 5.74) is 0. The lowest BCUT2D eigenvalue weighted by Crippen LogP contribution is -2.10. The average molecular weight is 178 g/mol. The van der Waals surface area contributed by atoms with Crippen molar-refractivity contribution in [2.24, 2.45) is 7.05 Å². The van der Waals surface area contributed by atoms with Gasteiger partial charge in [-0.3, -0.25) is 9.48 Å². The van der Waals surface area contributed by atoms with E-state index in [0.29, 0.717) is 18.7 Å². The van der Waals surface area contributed by atoms with Gasteiger partial charge in [-0.15, -0.1) is 17.4 Å². The van der Waals surface area contributed by atoms with Gasteiger partial charge in [0.05, 0.1) is 6.20 Å². The summed E-state index contributed by atoms with van der Waals surface area (Å²) in [5, 5.41) is 9.92. The van der Waals surface area contributed by atoms with Crippen LogP contribution >= 0.6 is 0 Å². The van der Waals surface area contributed by atoms with Crippen LogP contribution in [0.4, 0.5) is 5.82 Å². The predicted molar refractivity (Wildman–Crippen MR) is 47.7 cm³/mol. The van der Waals surface area contributed by atoms with Crippen LogP contribution in [-0.4, -0.2) is 20.9 Å². The SMILES string of the molecule is C#CCCC(=O)Nc1cn(C)nn1. The van der Waals surface area contributed by atoms with Gasteiger partial charge in [0.1, 0.15) is 0 Å². The van der Waals surface area contributed by atoms with Crippen molar-refractivity contribution in [3.8, 4) is 12.3 Å². The van der Waals surface area contributed by atoms with Gasteiger partial charge in [0.2, 0.25) is 5.91 Å². The molecule has 1 rings (SSSR count). The summed E-state index contributed by atoms with van der Waals surface area (Å²) < 4.78 is 1.51. The highest BCUT2D eigenvalue weighted by molar-refractivity contribution is 5.89. The molecular formula is C8H10N4O. The molecule has 1 amide bonds. The first-order valence-electron chi connectivity index (χ1n) is 3.82. The Bertz CT molecular complexity index is 336. The minimum atomic E-state index is -0.140. The lowest BCUT2D eigenvalue weighted by atomic mass is 10.3. The number of anilines is 1. The van der Waals surface area contributed by atoms with Crippen LogP contribution in [0.3, 0.4) is 0 Å². The third-order valence-electron chi connectivity index (χ3n) is 1.37. The first-order chi connectivity index (χ1) is 6.22. The molecule has 0 spiro atoms. The van der Waals surface area contributed by atoms with Crippen molar-refractivity contribution >= 4 is 11.7 Å². The molecule has 0 atom stereocenters. The molecule has 0 radical (unpaired) electrons. The molecule has 0 aliphatic carbocycles. The smallest absolute Gasteiger partial charge is 0.226 e. The standard InChI is InChI=1S/C8H10N4O/c1-3-4-5-8(13)9-7-6-12(2)11-10-7/h1,6H,4-5H2,2H3,(H,9,13). The second-order valence-electron chi connectivity index (χ2n) is 2.53. The van der Waals surface area contributed by atoms with Crippen molar-refractivity contribution in [3.05, 3.63) is 6.20 Å². The molecule has 0 bridgehead atoms. The van der Waals surface area contributed by atoms with Crippen LogP contribution in [0.2, 0.25) is 0 Å². The van der Waals surface area contributed by atoms with E-state index >= 15 is 0 Å². The Morgan fingerprint density at radius 2 is 2.62 bits per heavy atom. The van der Waals surface area contributed by atoms with Crippen molar-refractivity contribution in [1.29, 1.82) is 0 Å². The number of aryl methyl sites for hydroxylation is 1. The van der Waals surface area contributed by atoms with Crippen molar-refractivity contribution in [3.63, 3.8) is 0 Å². The van der Waals surface area contributed by atoms with E-state index in [9.17, 15) is 4.79 Å². The maximum Gasteiger partial charge on any atom is 0.226 e. The molecule has 5 nitrogen and oxygen atoms in total. The Labute approximate surface area is 76.1 Å². The minimum Gasteiger partial charge on any atom is -0.308 e. The number of amides is 1. The number of carbonyl (C=O) groups is 1. The van der Waals surface area contributed by atoms with Crippen LogP contribution in [0.25, 0.3) is 0 Å². The molecule has 13 heavy (non-hydrogen) atoms. The summed E-state index contributed by atoms with van der Waals surface area (Å²) in [6, 6.07) is 0. The summed E-state index contributed by atoms with van der Waals surface area (Å²) >= 11 is 0. The monoisotopic (exact) mass is 178 g/mol. The van der Waals surface area contributed by atoms with E-state index < -0.39 is 0 Å². The van der Waals surface area contributed by atoms with E-state index in [-0.39, 0.29) is 5.91 Å². The van der Waals surface area contributed by atoms with Gasteiger partial charge in [-0.25, -0.2) is 0 Å². The van der Waals surface area contributed by atoms with Gasteiger partial charge in [-0.1, -0.05) is 5.21 Å². The fourth-order valence-electron chi connectivity index (χ4n) is 0.796. The highest BCUT2D eigenvalue weighted by atomic mass is 16.1. The van der Waals surface area contributed by atoms with Crippen LogP contribution in [0, 0.1) is 12.3 Å². The van der Waals surface area contributed by atoms with Crippen molar-refractivity contribution in [1.82, 2.24) is 15.0 Å². The molecule has 1 heterocycles. The molecule has 0 saturated heterocycles. The Morgan fingerprint density at radius 3 is 3.15 bits per heavy atom. The Hall–Kier alpha value is -1.83. The summed E-state index contributed by atoms with van der Waals surface area (Å²) in [5.74, 6) is 2.70. The lowest BCUT2D eigenvalue weighted by Gasteiger charge is -1.96. The van der Waals surface area contributed by atoms with Gasteiger partial charge in [-0.2, -0.15) is 0 Å². The molecule has 1 N–H and O–H groups in total. The number of carbonyl (C=O) groups excluding carboxylic acids is 1. The minimum absolute atomic E-state index is 0.140. The molecule has 0 aliphatic heterocycles. The number of hydrogen-bond acceptors (Lipinski definition) is 3. The fourth-order valence-corrected chi connectivity index (χ4v) is 0.796. The van der Waals surface area contributed by atoms with E-state index in [2.05, 4.69) is 21.5 Å². The third-order valence-corrected chi connectivity index (χ3v) is 1.37. The highest BCUT2D eigenvalue weighted by Crippen LogP contribution is 1.99. The van der Waals surface area contributed by atoms with E-state index in [0.717, 1.165) is 0 Å². The van der Waals surface area contributed by atoms with Gasteiger partial charge in [0.25, 0.3) is 0 Å². The summed E-state index contributed by atoms with van der Waals surface area (Å²) in [6.07, 6.45) is 7.38. The van der Waals surface area contributed by atoms with Gasteiger partial charge < -0.3 is 5.32 Å². The first kappa shape index (κ1) is 9.26. The zero-order valence-corrected chi connectivity index (χ0v) is 7.32. The Balaban J connectivity index is 2.41. The maximum absolute atomic E-state index is 11.1. The maximum atomic E-state index is 11.1. The largest absolute Gasteiger partial charge is 0.308 e. The number of nitrogens with zero attached hydrogens (tertiary/aromatic N) is 3. The van der Waals surface area contributed by atoms with E-state index in [1.807, 2.05) is 0 Å². The van der Waals surface area contributed by atoms with E-state index in [1.54, 1.807) is 13.2 Å². The number of rotatable bonds is 3. The molecule has 68 valence electrons. The molecule has 0 fully saturated rings. The lowest BCUT2D eigenvalue weighted by molar-refractivity contribution is -0.116. The molecule has 0 aromatic carbocycles. The van der Waals surface area contributed by atoms with Gasteiger partial charge in [0.15, 0.2) is 5.82 Å². The van der Waals surface area contributed by atoms with Gasteiger partial charge in [-0.05, 0) is 0 Å². The zero-order valence-electron chi connectivity index (χ0n) is 7.32. The number of hydrogen-bond donors (Lipinski definition) is 1. The number of nitrogens with one attached hydrogen (secondary N) is 1. The number of terminal acetylenes is 1. The van der Waals surface area contributed by atoms with Crippen LogP contribution < -0.4 is 5.32 Å². The van der Waals surface area contributed by atoms with Crippen LogP contribution in [0.15, 0.2) is 6.20 Å². The van der Waals surface area contributed by atoms with E-state index in [4.69, 9.17) is 6.42 Å². The first-order valence-corrected chi connectivity index (χ1v) is 3.82. The fraction of sp³-hybridized carbons (Fsp3) is 0.375. The molecular weight excluding hydrogens is 168 g/mol. The molecule has 0 saturated carbocycles. The average Bonchev–Trinajstić information content (AvgIpc) is 2.48. The third kappa shape index (κ3) is 2.95. The van der Waals surface area contributed by atoms with Crippen molar-refractivity contribution < 1.29 is 4.79 Å². The quantitative estimate of drug-likeness (QED) is 0.671. The second-order valence-corrected chi connectivity index (χ2v) is 2.53. The molecule has 5 heteroatoms. The van der Waals surface area contributed by atoms with Gasteiger partial charge in [0, 0.05) is 19.9 Å². The Morgan fingerprint density at radius 1 is 1.85 bits per heavy atom. The predicted octanol–water partition coefficient (Wildman–Crippen LogP) is 0.167. The van der Waals surface area contributed by atoms with Crippen LogP contribution in [0.1, 0.15) is 12.8 Å². The van der Waals surface area contributed by atoms with Gasteiger partial charge >= 0.3 is 0 Å². The molecule has 0 unspecified atom stereocenters. The van der Waals surface area contributed by atoms with E-state index in [1.165, 1.54) is 4.68 Å². The normalized spacial score (nSPS) is 9.23. The van der Waals surface area contributed by atoms with Crippen LogP contribution in [0.5, 0.6) is 0 Å². The summed E-state index contributed by atoms with van der Waals surface area (Å²) in [4.78, 5) is 11.1. The Kier molecular flexibility index (Phi) is 3.03. The molecule has 1 aromatic rings. The van der Waals surface area contributed by atoms with Crippen molar-refractivity contribution in [2.45, 2.75) is 12.8 Å². The molecule has 1 aromatic heterocycles. The summed E-state index contributed by atoms with van der Waals surface area (Å²) in [7, 11) is 1.73. The number of aromatic nitrogens is 3. The summed E-state index contributed by atoms with van der Waals surface area (Å²) in [6.45, 7) is 0. The van der Waals surface area contributed by atoms with Crippen molar-refractivity contribution in [2.75, 3.05) is 5.32 Å². The second kappa shape index (κ2) is 4.26. The topological polar surface area (TPSA) is 59.8 Å². The highest BCUT2D eigenvalue weighted by Gasteiger charge is 2.03. The van der Waals surface area contributed by atoms with Crippen LogP contribution in [-0.2, 0) is 11.8 Å². The molecule has 0 aliphatic rings.